The Hall–Kier alpha value is -2.11. The summed E-state index contributed by atoms with van der Waals surface area (Å²) in [4.78, 5) is 23.8. The van der Waals surface area contributed by atoms with Crippen molar-refractivity contribution in [2.45, 2.75) is 57.1 Å². The molecule has 2 atom stereocenters. The van der Waals surface area contributed by atoms with Gasteiger partial charge in [-0.3, -0.25) is 4.79 Å². The number of esters is 1. The number of hydrogen-bond donors (Lipinski definition) is 2. The summed E-state index contributed by atoms with van der Waals surface area (Å²) < 4.78 is 18.9. The largest absolute Gasteiger partial charge is 0.462 e. The highest BCUT2D eigenvalue weighted by Gasteiger charge is 2.46. The lowest BCUT2D eigenvalue weighted by Gasteiger charge is -2.29. The number of carbonyl (C=O) groups excluding carboxylic acids is 2. The Balaban J connectivity index is 1.41. The number of hydrogen-bond acceptors (Lipinski definition) is 3. The van der Waals surface area contributed by atoms with Gasteiger partial charge < -0.3 is 15.4 Å². The molecule has 2 aliphatic rings. The van der Waals surface area contributed by atoms with Crippen molar-refractivity contribution in [1.29, 1.82) is 0 Å². The second-order valence-electron chi connectivity index (χ2n) is 6.92. The van der Waals surface area contributed by atoms with Crippen molar-refractivity contribution in [2.75, 3.05) is 6.54 Å². The van der Waals surface area contributed by atoms with Crippen LogP contribution < -0.4 is 10.6 Å². The number of carbonyl (C=O) groups is 2. The molecule has 1 aromatic rings. The van der Waals surface area contributed by atoms with E-state index in [0.29, 0.717) is 6.54 Å². The van der Waals surface area contributed by atoms with Gasteiger partial charge in [-0.25, -0.2) is 9.18 Å². The lowest BCUT2D eigenvalue weighted by atomic mass is 9.93. The lowest BCUT2D eigenvalue weighted by molar-refractivity contribution is -0.152. The normalized spacial score (nSPS) is 28.1. The minimum Gasteiger partial charge on any atom is -0.462 e. The van der Waals surface area contributed by atoms with Crippen molar-refractivity contribution < 1.29 is 18.7 Å². The van der Waals surface area contributed by atoms with Crippen molar-refractivity contribution in [3.05, 3.63) is 35.6 Å². The number of halogens is 1. The van der Waals surface area contributed by atoms with Gasteiger partial charge in [0.15, 0.2) is 0 Å². The van der Waals surface area contributed by atoms with Gasteiger partial charge >= 0.3 is 12.0 Å². The van der Waals surface area contributed by atoms with Gasteiger partial charge in [-0.05, 0) is 62.6 Å². The average molecular weight is 348 g/mol. The molecule has 3 rings (SSSR count). The van der Waals surface area contributed by atoms with Gasteiger partial charge in [0.2, 0.25) is 0 Å². The topological polar surface area (TPSA) is 67.4 Å². The fourth-order valence-corrected chi connectivity index (χ4v) is 3.53. The molecular weight excluding hydrogens is 323 g/mol. The van der Waals surface area contributed by atoms with Gasteiger partial charge in [0, 0.05) is 12.6 Å². The highest BCUT2D eigenvalue weighted by atomic mass is 19.1. The van der Waals surface area contributed by atoms with E-state index in [1.807, 2.05) is 13.0 Å². The molecule has 0 spiro atoms. The maximum atomic E-state index is 13.3. The second kappa shape index (κ2) is 7.85. The summed E-state index contributed by atoms with van der Waals surface area (Å²) in [6.45, 7) is 2.48. The molecule has 0 aromatic heterocycles. The highest BCUT2D eigenvalue weighted by molar-refractivity contribution is 5.77. The maximum Gasteiger partial charge on any atom is 0.314 e. The van der Waals surface area contributed by atoms with E-state index in [4.69, 9.17) is 4.74 Å². The van der Waals surface area contributed by atoms with Crippen LogP contribution in [0.4, 0.5) is 9.18 Å². The highest BCUT2D eigenvalue weighted by Crippen LogP contribution is 2.48. The van der Waals surface area contributed by atoms with Gasteiger partial charge in [0.25, 0.3) is 0 Å². The summed E-state index contributed by atoms with van der Waals surface area (Å²) in [5.74, 6) is -0.504. The molecule has 0 heterocycles. The molecule has 0 bridgehead atoms. The van der Waals surface area contributed by atoms with Gasteiger partial charge in [-0.15, -0.1) is 0 Å². The summed E-state index contributed by atoms with van der Waals surface area (Å²) in [6, 6.07) is 6.44. The molecule has 2 aliphatic carbocycles. The summed E-state index contributed by atoms with van der Waals surface area (Å²) in [6.07, 6.45) is 3.81. The van der Waals surface area contributed by atoms with Crippen LogP contribution in [0.2, 0.25) is 0 Å². The molecule has 2 amide bonds. The summed E-state index contributed by atoms with van der Waals surface area (Å²) in [5.41, 5.74) is 0.872. The monoisotopic (exact) mass is 348 g/mol. The van der Waals surface area contributed by atoms with Crippen LogP contribution in [0.1, 0.15) is 50.5 Å². The lowest BCUT2D eigenvalue weighted by Crippen LogP contribution is -2.44. The predicted octanol–water partition coefficient (Wildman–Crippen LogP) is 3.10. The molecule has 0 radical (unpaired) electrons. The van der Waals surface area contributed by atoms with Gasteiger partial charge in [-0.1, -0.05) is 12.1 Å². The molecule has 136 valence electrons. The molecule has 6 heteroatoms. The van der Waals surface area contributed by atoms with Gasteiger partial charge in [0.1, 0.15) is 11.9 Å². The van der Waals surface area contributed by atoms with Gasteiger partial charge in [0.05, 0.1) is 5.92 Å². The fraction of sp³-hybridized carbons (Fsp3) is 0.579. The third-order valence-electron chi connectivity index (χ3n) is 5.00. The van der Waals surface area contributed by atoms with Crippen molar-refractivity contribution in [3.63, 3.8) is 0 Å². The zero-order valence-corrected chi connectivity index (χ0v) is 14.5. The van der Waals surface area contributed by atoms with E-state index in [1.165, 1.54) is 12.1 Å². The van der Waals surface area contributed by atoms with E-state index in [2.05, 4.69) is 10.6 Å². The first-order valence-corrected chi connectivity index (χ1v) is 9.07. The van der Waals surface area contributed by atoms with Crippen molar-refractivity contribution >= 4 is 12.0 Å². The van der Waals surface area contributed by atoms with E-state index in [9.17, 15) is 14.0 Å². The van der Waals surface area contributed by atoms with Crippen LogP contribution in [0.25, 0.3) is 0 Å². The fourth-order valence-electron chi connectivity index (χ4n) is 3.53. The molecule has 5 nitrogen and oxygen atoms in total. The SMILES string of the molecule is CCNC(=O)NC1CCC(OC(=O)C2CC2c2cccc(F)c2)CC1. The predicted molar refractivity (Wildman–Crippen MR) is 91.6 cm³/mol. The molecule has 2 unspecified atom stereocenters. The summed E-state index contributed by atoms with van der Waals surface area (Å²) in [7, 11) is 0. The molecule has 1 aromatic carbocycles. The maximum absolute atomic E-state index is 13.3. The van der Waals surface area contributed by atoms with Crippen LogP contribution in [-0.2, 0) is 9.53 Å². The minimum atomic E-state index is -0.269. The van der Waals surface area contributed by atoms with Crippen molar-refractivity contribution in [2.24, 2.45) is 5.92 Å². The van der Waals surface area contributed by atoms with Crippen LogP contribution in [-0.4, -0.2) is 30.7 Å². The first-order chi connectivity index (χ1) is 12.1. The van der Waals surface area contributed by atoms with E-state index in [0.717, 1.165) is 37.7 Å². The van der Waals surface area contributed by atoms with E-state index < -0.39 is 0 Å². The number of benzene rings is 1. The van der Waals surface area contributed by atoms with Crippen LogP contribution >= 0.6 is 0 Å². The number of rotatable bonds is 5. The van der Waals surface area contributed by atoms with Crippen LogP contribution in [0, 0.1) is 11.7 Å². The smallest absolute Gasteiger partial charge is 0.314 e. The average Bonchev–Trinajstić information content (AvgIpc) is 3.38. The molecule has 2 N–H and O–H groups in total. The number of amides is 2. The van der Waals surface area contributed by atoms with E-state index in [-0.39, 0.29) is 41.8 Å². The van der Waals surface area contributed by atoms with Crippen molar-refractivity contribution in [3.8, 4) is 0 Å². The zero-order valence-electron chi connectivity index (χ0n) is 14.5. The Morgan fingerprint density at radius 3 is 2.68 bits per heavy atom. The Kier molecular flexibility index (Phi) is 5.56. The molecule has 25 heavy (non-hydrogen) atoms. The summed E-state index contributed by atoms with van der Waals surface area (Å²) in [5, 5.41) is 5.66. The first-order valence-electron chi connectivity index (χ1n) is 9.07. The number of nitrogens with one attached hydrogen (secondary N) is 2. The molecule has 0 aliphatic heterocycles. The third-order valence-corrected chi connectivity index (χ3v) is 5.00. The minimum absolute atomic E-state index is 0.0754. The quantitative estimate of drug-likeness (QED) is 0.804. The Labute approximate surface area is 147 Å². The Bertz CT molecular complexity index is 629. The van der Waals surface area contributed by atoms with E-state index >= 15 is 0 Å². The zero-order chi connectivity index (χ0) is 17.8. The standard InChI is InChI=1S/C19H25FN2O3/c1-2-21-19(24)22-14-6-8-15(9-7-14)25-18(23)17-11-16(17)12-4-3-5-13(20)10-12/h3-5,10,14-17H,2,6-9,11H2,1H3,(H2,21,22,24). The number of urea groups is 1. The third kappa shape index (κ3) is 4.71. The van der Waals surface area contributed by atoms with Crippen LogP contribution in [0.15, 0.2) is 24.3 Å². The molecule has 2 fully saturated rings. The van der Waals surface area contributed by atoms with Crippen LogP contribution in [0.3, 0.4) is 0 Å². The van der Waals surface area contributed by atoms with Crippen molar-refractivity contribution in [1.82, 2.24) is 10.6 Å². The summed E-state index contributed by atoms with van der Waals surface area (Å²) >= 11 is 0. The Morgan fingerprint density at radius 1 is 1.24 bits per heavy atom. The second-order valence-corrected chi connectivity index (χ2v) is 6.92. The Morgan fingerprint density at radius 2 is 2.00 bits per heavy atom. The molecular formula is C19H25FN2O3. The van der Waals surface area contributed by atoms with Gasteiger partial charge in [-0.2, -0.15) is 0 Å². The molecule has 0 saturated heterocycles. The molecule has 2 saturated carbocycles. The number of ether oxygens (including phenoxy) is 1. The first kappa shape index (κ1) is 17.7. The van der Waals surface area contributed by atoms with Crippen LogP contribution in [0.5, 0.6) is 0 Å². The van der Waals surface area contributed by atoms with E-state index in [1.54, 1.807) is 6.07 Å².